The van der Waals surface area contributed by atoms with Gasteiger partial charge in [0.05, 0.1) is 0 Å². The summed E-state index contributed by atoms with van der Waals surface area (Å²) in [5.41, 5.74) is 4.84. The molecule has 14 heavy (non-hydrogen) atoms. The summed E-state index contributed by atoms with van der Waals surface area (Å²) in [5.74, 6) is -0.0602. The Morgan fingerprint density at radius 2 is 1.36 bits per heavy atom. The van der Waals surface area contributed by atoms with Gasteiger partial charge in [0.15, 0.2) is 0 Å². The molecule has 0 amide bonds. The zero-order valence-corrected chi connectivity index (χ0v) is 9.62. The van der Waals surface area contributed by atoms with Gasteiger partial charge in [0.2, 0.25) is 0 Å². The first-order chi connectivity index (χ1) is 6.51. The van der Waals surface area contributed by atoms with E-state index in [0.717, 1.165) is 11.1 Å². The van der Waals surface area contributed by atoms with Crippen LogP contribution in [0.5, 0.6) is 0 Å². The van der Waals surface area contributed by atoms with Crippen molar-refractivity contribution < 1.29 is 27.5 Å². The van der Waals surface area contributed by atoms with Crippen molar-refractivity contribution >= 4 is 6.29 Å². The van der Waals surface area contributed by atoms with Crippen LogP contribution in [-0.4, -0.2) is 6.29 Å². The molecule has 0 aliphatic heterocycles. The zero-order chi connectivity index (χ0) is 11.3. The first kappa shape index (κ1) is 13.5. The van der Waals surface area contributed by atoms with Crippen LogP contribution < -0.4 is 0 Å². The number of halogens is 2. The third kappa shape index (κ3) is 2.75. The van der Waals surface area contributed by atoms with Crippen molar-refractivity contribution in [3.8, 4) is 0 Å². The summed E-state index contributed by atoms with van der Waals surface area (Å²) in [7, 11) is 0. The van der Waals surface area contributed by atoms with Gasteiger partial charge >= 0.3 is 22.8 Å². The molecular weight excluding hydrogens is 233 g/mol. The molecule has 0 aromatic heterocycles. The Kier molecular flexibility index (Phi) is 5.88. The molecule has 0 bridgehead atoms. The monoisotopic (exact) mass is 246 g/mol. The van der Waals surface area contributed by atoms with E-state index in [9.17, 15) is 12.0 Å². The standard InChI is InChI=1S/C10H13O.Co.2FH/c1-6-7(2)9(4)10(5-11)8(6)3;;;/h10H,1-4H3;;2*1H/q-1;+3;;/p-2. The van der Waals surface area contributed by atoms with E-state index in [4.69, 9.17) is 0 Å². The Morgan fingerprint density at radius 3 is 1.50 bits per heavy atom. The van der Waals surface area contributed by atoms with Gasteiger partial charge in [-0.05, 0) is 27.7 Å². The molecular formula is C10H13CoF2O. The summed E-state index contributed by atoms with van der Waals surface area (Å²) in [6, 6.07) is 0. The molecule has 1 aliphatic carbocycles. The second-order valence-electron chi connectivity index (χ2n) is 3.21. The van der Waals surface area contributed by atoms with Gasteiger partial charge in [0.25, 0.3) is 0 Å². The summed E-state index contributed by atoms with van der Waals surface area (Å²) in [6.45, 7) is 8.13. The van der Waals surface area contributed by atoms with Gasteiger partial charge < -0.3 is 4.79 Å². The van der Waals surface area contributed by atoms with E-state index in [-0.39, 0.29) is 5.92 Å². The van der Waals surface area contributed by atoms with Crippen LogP contribution in [0.1, 0.15) is 27.7 Å². The fraction of sp³-hybridized carbons (Fsp3) is 0.500. The van der Waals surface area contributed by atoms with Crippen LogP contribution in [0.25, 0.3) is 0 Å². The molecule has 0 radical (unpaired) electrons. The summed E-state index contributed by atoms with van der Waals surface area (Å²) in [6.07, 6.45) is 2.06. The number of hydrogen-bond acceptors (Lipinski definition) is 1. The fourth-order valence-electron chi connectivity index (χ4n) is 1.53. The molecule has 0 aromatic carbocycles. The Balaban J connectivity index is 0.000000500. The molecule has 0 saturated heterocycles. The molecule has 1 nitrogen and oxygen atoms in total. The van der Waals surface area contributed by atoms with Gasteiger partial charge in [-0.2, -0.15) is 0 Å². The van der Waals surface area contributed by atoms with E-state index in [1.165, 1.54) is 11.1 Å². The Morgan fingerprint density at radius 1 is 1.07 bits per heavy atom. The van der Waals surface area contributed by atoms with Crippen molar-refractivity contribution in [3.05, 3.63) is 22.3 Å². The van der Waals surface area contributed by atoms with Gasteiger partial charge in [0.1, 0.15) is 0 Å². The van der Waals surface area contributed by atoms with Crippen LogP contribution in [0.4, 0.5) is 7.16 Å². The first-order valence-corrected chi connectivity index (χ1v) is 4.86. The van der Waals surface area contributed by atoms with E-state index in [1.54, 1.807) is 0 Å². The van der Waals surface area contributed by atoms with Crippen molar-refractivity contribution in [2.45, 2.75) is 27.7 Å². The van der Waals surface area contributed by atoms with Crippen molar-refractivity contribution in [3.63, 3.8) is 0 Å². The second kappa shape index (κ2) is 6.09. The van der Waals surface area contributed by atoms with Gasteiger partial charge in [-0.3, -0.25) is 6.29 Å². The van der Waals surface area contributed by atoms with Gasteiger partial charge in [-0.15, -0.1) is 0 Å². The predicted octanol–water partition coefficient (Wildman–Crippen LogP) is 3.24. The summed E-state index contributed by atoms with van der Waals surface area (Å²) < 4.78 is 19.2. The first-order valence-electron chi connectivity index (χ1n) is 4.07. The molecule has 82 valence electrons. The molecule has 1 rings (SSSR count). The van der Waals surface area contributed by atoms with Crippen LogP contribution in [0, 0.1) is 5.92 Å². The van der Waals surface area contributed by atoms with Crippen LogP contribution >= 0.6 is 0 Å². The predicted molar refractivity (Wildman–Crippen MR) is 48.1 cm³/mol. The normalized spacial score (nSPS) is 17.3. The summed E-state index contributed by atoms with van der Waals surface area (Å²) in [4.78, 5) is 10.5. The van der Waals surface area contributed by atoms with Gasteiger partial charge in [0, 0.05) is 0 Å². The maximum absolute atomic E-state index is 10.5. The van der Waals surface area contributed by atoms with Crippen LogP contribution in [0.3, 0.4) is 0 Å². The van der Waals surface area contributed by atoms with Gasteiger partial charge in [-0.1, -0.05) is 28.2 Å². The molecule has 0 unspecified atom stereocenters. The van der Waals surface area contributed by atoms with Crippen molar-refractivity contribution in [2.75, 3.05) is 0 Å². The van der Waals surface area contributed by atoms with Gasteiger partial charge in [-0.25, -0.2) is 0 Å². The van der Waals surface area contributed by atoms with Crippen LogP contribution in [0.15, 0.2) is 22.3 Å². The second-order valence-corrected chi connectivity index (χ2v) is 3.36. The molecule has 0 N–H and O–H groups in total. The number of carbonyl (C=O) groups excluding carboxylic acids is 1. The van der Waals surface area contributed by atoms with Crippen molar-refractivity contribution in [2.24, 2.45) is 5.92 Å². The third-order valence-electron chi connectivity index (χ3n) is 2.73. The number of rotatable bonds is 1. The molecule has 0 fully saturated rings. The fourth-order valence-corrected chi connectivity index (χ4v) is 1.53. The van der Waals surface area contributed by atoms with E-state index < -0.39 is 15.6 Å². The van der Waals surface area contributed by atoms with E-state index in [0.29, 0.717) is 0 Å². The third-order valence-corrected chi connectivity index (χ3v) is 2.73. The van der Waals surface area contributed by atoms with Crippen LogP contribution in [0.2, 0.25) is 0 Å². The summed E-state index contributed by atoms with van der Waals surface area (Å²) in [5, 5.41) is 0. The molecule has 4 heteroatoms. The average molecular weight is 246 g/mol. The van der Waals surface area contributed by atoms with E-state index in [1.807, 2.05) is 13.8 Å². The molecule has 0 aromatic rings. The number of allylic oxidation sites excluding steroid dienone is 4. The number of hydrogen-bond donors (Lipinski definition) is 0. The molecule has 0 heterocycles. The van der Waals surface area contributed by atoms with E-state index in [2.05, 4.69) is 20.1 Å². The van der Waals surface area contributed by atoms with Crippen molar-refractivity contribution in [1.82, 2.24) is 0 Å². The Labute approximate surface area is 90.1 Å². The van der Waals surface area contributed by atoms with E-state index >= 15 is 0 Å². The topological polar surface area (TPSA) is 17.1 Å². The quantitative estimate of drug-likeness (QED) is 0.649. The Bertz CT molecular complexity index is 258. The average Bonchev–Trinajstić information content (AvgIpc) is 2.33. The minimum atomic E-state index is -1.56. The molecule has 0 saturated carbocycles. The molecule has 0 spiro atoms. The van der Waals surface area contributed by atoms with Crippen molar-refractivity contribution in [1.29, 1.82) is 0 Å². The SMILES string of the molecule is CC1=C(C)C([C-]=O)C(C)=C1C.[F][Co+][F]. The molecule has 0 atom stereocenters. The molecule has 1 aliphatic rings. The maximum atomic E-state index is 10.5. The Hall–Kier alpha value is -0.484. The summed E-state index contributed by atoms with van der Waals surface area (Å²) >= 11 is -1.56. The zero-order valence-electron chi connectivity index (χ0n) is 8.57. The minimum absolute atomic E-state index is 0.0602. The van der Waals surface area contributed by atoms with Crippen LogP contribution in [-0.2, 0) is 20.4 Å².